The summed E-state index contributed by atoms with van der Waals surface area (Å²) in [7, 11) is 0. The number of hydrogen-bond donors (Lipinski definition) is 2. The summed E-state index contributed by atoms with van der Waals surface area (Å²) in [5, 5.41) is 12.2. The fraction of sp³-hybridized carbons (Fsp3) is 0.278. The lowest BCUT2D eigenvalue weighted by molar-refractivity contribution is -0.274. The molecule has 0 bridgehead atoms. The van der Waals surface area contributed by atoms with Crippen LogP contribution in [0.25, 0.3) is 0 Å². The molecule has 0 radical (unpaired) electrons. The predicted molar refractivity (Wildman–Crippen MR) is 93.3 cm³/mol. The Morgan fingerprint density at radius 3 is 2.37 bits per heavy atom. The van der Waals surface area contributed by atoms with Crippen molar-refractivity contribution in [2.45, 2.75) is 19.2 Å². The third-order valence-corrected chi connectivity index (χ3v) is 3.70. The fourth-order valence-electron chi connectivity index (χ4n) is 2.11. The number of phenolic OH excluding ortho intramolecular Hbond substituents is 1. The number of alkyl halides is 3. The molecule has 2 rings (SSSR count). The number of carbonyl (C=O) groups excluding carboxylic acids is 1. The van der Waals surface area contributed by atoms with Crippen LogP contribution in [0, 0.1) is 0 Å². The summed E-state index contributed by atoms with van der Waals surface area (Å²) in [5.41, 5.74) is 0.236. The van der Waals surface area contributed by atoms with E-state index in [2.05, 4.69) is 10.1 Å². The van der Waals surface area contributed by atoms with Crippen LogP contribution in [-0.2, 0) is 0 Å². The molecule has 0 aliphatic heterocycles. The minimum atomic E-state index is -4.77. The molecule has 0 aliphatic carbocycles. The summed E-state index contributed by atoms with van der Waals surface area (Å²) in [4.78, 5) is 11.9. The van der Waals surface area contributed by atoms with Gasteiger partial charge in [0.15, 0.2) is 0 Å². The van der Waals surface area contributed by atoms with Gasteiger partial charge in [0.25, 0.3) is 5.91 Å². The number of benzene rings is 2. The number of ether oxygens (including phenoxy) is 2. The number of aromatic hydroxyl groups is 1. The van der Waals surface area contributed by atoms with Crippen molar-refractivity contribution in [3.8, 4) is 17.2 Å². The summed E-state index contributed by atoms with van der Waals surface area (Å²) in [6, 6.07) is 9.21. The van der Waals surface area contributed by atoms with E-state index in [9.17, 15) is 23.1 Å². The molecule has 0 saturated carbocycles. The zero-order chi connectivity index (χ0) is 19.9. The zero-order valence-electron chi connectivity index (χ0n) is 14.1. The van der Waals surface area contributed by atoms with Gasteiger partial charge in [-0.25, -0.2) is 0 Å². The lowest BCUT2D eigenvalue weighted by Gasteiger charge is -2.10. The standard InChI is InChI=1S/C18H17ClF3NO4/c19-15-11-14(7-8-16(15)24)26-10-2-1-9-23-17(25)12-3-5-13(6-4-12)27-18(20,21)22/h3-8,11,24H,1-2,9-10H2,(H,23,25). The Bertz CT molecular complexity index is 766. The topological polar surface area (TPSA) is 67.8 Å². The van der Waals surface area contributed by atoms with E-state index in [1.807, 2.05) is 0 Å². The minimum Gasteiger partial charge on any atom is -0.506 e. The first-order valence-corrected chi connectivity index (χ1v) is 8.38. The lowest BCUT2D eigenvalue weighted by atomic mass is 10.2. The summed E-state index contributed by atoms with van der Waals surface area (Å²) in [5.74, 6) is -0.266. The van der Waals surface area contributed by atoms with Gasteiger partial charge < -0.3 is 19.9 Å². The number of unbranched alkanes of at least 4 members (excludes halogenated alkanes) is 1. The number of nitrogens with one attached hydrogen (secondary N) is 1. The zero-order valence-corrected chi connectivity index (χ0v) is 14.8. The Morgan fingerprint density at radius 2 is 1.74 bits per heavy atom. The second-order valence-electron chi connectivity index (χ2n) is 5.50. The molecule has 0 atom stereocenters. The van der Waals surface area contributed by atoms with E-state index >= 15 is 0 Å². The van der Waals surface area contributed by atoms with Crippen molar-refractivity contribution in [3.05, 3.63) is 53.1 Å². The van der Waals surface area contributed by atoms with Crippen LogP contribution >= 0.6 is 11.6 Å². The molecule has 27 heavy (non-hydrogen) atoms. The molecule has 0 fully saturated rings. The molecule has 0 aliphatic rings. The monoisotopic (exact) mass is 403 g/mol. The first kappa shape index (κ1) is 20.7. The largest absolute Gasteiger partial charge is 0.573 e. The number of halogens is 4. The number of hydrogen-bond acceptors (Lipinski definition) is 4. The molecule has 0 aromatic heterocycles. The van der Waals surface area contributed by atoms with Crippen LogP contribution in [0.1, 0.15) is 23.2 Å². The van der Waals surface area contributed by atoms with Crippen LogP contribution in [0.15, 0.2) is 42.5 Å². The maximum Gasteiger partial charge on any atom is 0.573 e. The van der Waals surface area contributed by atoms with Crippen molar-refractivity contribution < 1.29 is 32.5 Å². The summed E-state index contributed by atoms with van der Waals surface area (Å²) >= 11 is 5.77. The van der Waals surface area contributed by atoms with E-state index < -0.39 is 6.36 Å². The van der Waals surface area contributed by atoms with E-state index in [1.54, 1.807) is 6.07 Å². The van der Waals surface area contributed by atoms with E-state index in [1.165, 1.54) is 24.3 Å². The van der Waals surface area contributed by atoms with Crippen LogP contribution < -0.4 is 14.8 Å². The molecule has 0 heterocycles. The van der Waals surface area contributed by atoms with Gasteiger partial charge in [0, 0.05) is 18.2 Å². The number of phenols is 1. The van der Waals surface area contributed by atoms with Gasteiger partial charge in [-0.05, 0) is 49.2 Å². The Morgan fingerprint density at radius 1 is 1.07 bits per heavy atom. The van der Waals surface area contributed by atoms with Crippen molar-refractivity contribution >= 4 is 17.5 Å². The number of rotatable bonds is 8. The molecule has 0 unspecified atom stereocenters. The molecule has 1 amide bonds. The van der Waals surface area contributed by atoms with Gasteiger partial charge in [0.1, 0.15) is 17.2 Å². The quantitative estimate of drug-likeness (QED) is 0.635. The van der Waals surface area contributed by atoms with Gasteiger partial charge in [-0.3, -0.25) is 4.79 Å². The van der Waals surface area contributed by atoms with Gasteiger partial charge in [0.2, 0.25) is 0 Å². The maximum absolute atomic E-state index is 12.1. The van der Waals surface area contributed by atoms with Gasteiger partial charge in [-0.1, -0.05) is 11.6 Å². The molecular weight excluding hydrogens is 387 g/mol. The minimum absolute atomic E-state index is 0.0234. The fourth-order valence-corrected chi connectivity index (χ4v) is 2.28. The second-order valence-corrected chi connectivity index (χ2v) is 5.90. The van der Waals surface area contributed by atoms with Crippen molar-refractivity contribution in [2.24, 2.45) is 0 Å². The van der Waals surface area contributed by atoms with Crippen molar-refractivity contribution in [3.63, 3.8) is 0 Å². The first-order chi connectivity index (χ1) is 12.7. The normalized spacial score (nSPS) is 11.1. The third kappa shape index (κ3) is 7.26. The highest BCUT2D eigenvalue weighted by molar-refractivity contribution is 6.32. The SMILES string of the molecule is O=C(NCCCCOc1ccc(O)c(Cl)c1)c1ccc(OC(F)(F)F)cc1. The number of carbonyl (C=O) groups is 1. The van der Waals surface area contributed by atoms with Crippen LogP contribution in [0.2, 0.25) is 5.02 Å². The van der Waals surface area contributed by atoms with E-state index in [0.29, 0.717) is 31.7 Å². The Labute approximate surface area is 158 Å². The van der Waals surface area contributed by atoms with Crippen molar-refractivity contribution in [2.75, 3.05) is 13.2 Å². The van der Waals surface area contributed by atoms with Crippen LogP contribution in [0.4, 0.5) is 13.2 Å². The van der Waals surface area contributed by atoms with Crippen LogP contribution in [0.5, 0.6) is 17.2 Å². The van der Waals surface area contributed by atoms with Gasteiger partial charge >= 0.3 is 6.36 Å². The van der Waals surface area contributed by atoms with E-state index in [0.717, 1.165) is 12.1 Å². The molecular formula is C18H17ClF3NO4. The second kappa shape index (κ2) is 9.36. The van der Waals surface area contributed by atoms with Crippen LogP contribution in [-0.4, -0.2) is 30.5 Å². The Hall–Kier alpha value is -2.61. The van der Waals surface area contributed by atoms with Crippen LogP contribution in [0.3, 0.4) is 0 Å². The molecule has 2 aromatic carbocycles. The average molecular weight is 404 g/mol. The highest BCUT2D eigenvalue weighted by atomic mass is 35.5. The van der Waals surface area contributed by atoms with Gasteiger partial charge in [-0.2, -0.15) is 0 Å². The highest BCUT2D eigenvalue weighted by Gasteiger charge is 2.31. The summed E-state index contributed by atoms with van der Waals surface area (Å²) in [6.07, 6.45) is -3.46. The smallest absolute Gasteiger partial charge is 0.506 e. The summed E-state index contributed by atoms with van der Waals surface area (Å²) in [6.45, 7) is 0.791. The average Bonchev–Trinajstić information content (AvgIpc) is 2.60. The summed E-state index contributed by atoms with van der Waals surface area (Å²) < 4.78 is 45.5. The molecule has 2 aromatic rings. The molecule has 5 nitrogen and oxygen atoms in total. The first-order valence-electron chi connectivity index (χ1n) is 8.00. The molecule has 0 spiro atoms. The molecule has 2 N–H and O–H groups in total. The number of amides is 1. The lowest BCUT2D eigenvalue weighted by Crippen LogP contribution is -2.24. The Kier molecular flexibility index (Phi) is 7.18. The molecule has 146 valence electrons. The van der Waals surface area contributed by atoms with E-state index in [4.69, 9.17) is 16.3 Å². The van der Waals surface area contributed by atoms with Crippen molar-refractivity contribution in [1.29, 1.82) is 0 Å². The van der Waals surface area contributed by atoms with Gasteiger partial charge in [0.05, 0.1) is 11.6 Å². The van der Waals surface area contributed by atoms with Gasteiger partial charge in [-0.15, -0.1) is 13.2 Å². The highest BCUT2D eigenvalue weighted by Crippen LogP contribution is 2.27. The molecule has 0 saturated heterocycles. The molecule has 9 heteroatoms. The van der Waals surface area contributed by atoms with Crippen molar-refractivity contribution in [1.82, 2.24) is 5.32 Å². The third-order valence-electron chi connectivity index (χ3n) is 3.39. The Balaban J connectivity index is 1.66. The maximum atomic E-state index is 12.1. The predicted octanol–water partition coefficient (Wildman–Crippen LogP) is 4.53. The van der Waals surface area contributed by atoms with E-state index in [-0.39, 0.29) is 28.0 Å².